The molecule has 5 heteroatoms. The topological polar surface area (TPSA) is 49.3 Å². The standard InChI is InChI=1S/C12H10BrNO2S/c13-10-5-6-17-11(10)7-14-12(16)8-1-3-9(15)4-2-8/h1-6,15H,7H2,(H,14,16). The Morgan fingerprint density at radius 1 is 1.29 bits per heavy atom. The first-order valence-corrected chi connectivity index (χ1v) is 6.63. The number of rotatable bonds is 3. The molecular weight excluding hydrogens is 302 g/mol. The van der Waals surface area contributed by atoms with E-state index in [9.17, 15) is 4.79 Å². The second-order valence-electron chi connectivity index (χ2n) is 3.42. The summed E-state index contributed by atoms with van der Waals surface area (Å²) in [4.78, 5) is 12.8. The zero-order valence-electron chi connectivity index (χ0n) is 8.81. The molecule has 0 aliphatic carbocycles. The molecule has 88 valence electrons. The van der Waals surface area contributed by atoms with Crippen LogP contribution in [0, 0.1) is 0 Å². The summed E-state index contributed by atoms with van der Waals surface area (Å²) in [6.45, 7) is 0.498. The van der Waals surface area contributed by atoms with Crippen LogP contribution in [0.2, 0.25) is 0 Å². The van der Waals surface area contributed by atoms with Crippen LogP contribution in [0.25, 0.3) is 0 Å². The highest BCUT2D eigenvalue weighted by Crippen LogP contribution is 2.22. The fourth-order valence-corrected chi connectivity index (χ4v) is 2.76. The maximum Gasteiger partial charge on any atom is 0.251 e. The summed E-state index contributed by atoms with van der Waals surface area (Å²) < 4.78 is 1.01. The third-order valence-corrected chi connectivity index (χ3v) is 4.16. The molecule has 0 aliphatic heterocycles. The molecule has 1 heterocycles. The molecule has 0 unspecified atom stereocenters. The van der Waals surface area contributed by atoms with Crippen LogP contribution in [0.3, 0.4) is 0 Å². The molecule has 0 spiro atoms. The summed E-state index contributed by atoms with van der Waals surface area (Å²) in [5.41, 5.74) is 0.537. The van der Waals surface area contributed by atoms with E-state index in [1.807, 2.05) is 11.4 Å². The summed E-state index contributed by atoms with van der Waals surface area (Å²) in [6.07, 6.45) is 0. The lowest BCUT2D eigenvalue weighted by molar-refractivity contribution is 0.0951. The van der Waals surface area contributed by atoms with Gasteiger partial charge in [-0.2, -0.15) is 0 Å². The molecule has 0 fully saturated rings. The van der Waals surface area contributed by atoms with Gasteiger partial charge in [-0.3, -0.25) is 4.79 Å². The van der Waals surface area contributed by atoms with Gasteiger partial charge in [0.25, 0.3) is 5.91 Å². The number of carbonyl (C=O) groups is 1. The van der Waals surface area contributed by atoms with Gasteiger partial charge in [0.15, 0.2) is 0 Å². The van der Waals surface area contributed by atoms with Gasteiger partial charge in [0.2, 0.25) is 0 Å². The lowest BCUT2D eigenvalue weighted by Crippen LogP contribution is -2.22. The minimum absolute atomic E-state index is 0.148. The molecule has 0 aliphatic rings. The predicted octanol–water partition coefficient (Wildman–Crippen LogP) is 3.15. The van der Waals surface area contributed by atoms with Gasteiger partial charge in [0.05, 0.1) is 6.54 Å². The van der Waals surface area contributed by atoms with Gasteiger partial charge in [0.1, 0.15) is 5.75 Å². The van der Waals surface area contributed by atoms with E-state index in [0.717, 1.165) is 9.35 Å². The number of amides is 1. The molecule has 1 aromatic heterocycles. The summed E-state index contributed by atoms with van der Waals surface area (Å²) >= 11 is 5.00. The lowest BCUT2D eigenvalue weighted by Gasteiger charge is -2.04. The van der Waals surface area contributed by atoms with E-state index in [4.69, 9.17) is 5.11 Å². The number of nitrogens with one attached hydrogen (secondary N) is 1. The molecule has 2 N–H and O–H groups in total. The van der Waals surface area contributed by atoms with E-state index in [2.05, 4.69) is 21.2 Å². The smallest absolute Gasteiger partial charge is 0.251 e. The van der Waals surface area contributed by atoms with Gasteiger partial charge in [-0.1, -0.05) is 0 Å². The predicted molar refractivity (Wildman–Crippen MR) is 71.3 cm³/mol. The Kier molecular flexibility index (Phi) is 3.81. The van der Waals surface area contributed by atoms with Crippen molar-refractivity contribution in [3.63, 3.8) is 0 Å². The van der Waals surface area contributed by atoms with Crippen molar-refractivity contribution in [1.29, 1.82) is 0 Å². The number of halogens is 1. The fourth-order valence-electron chi connectivity index (χ4n) is 1.33. The van der Waals surface area contributed by atoms with Crippen molar-refractivity contribution in [2.75, 3.05) is 0 Å². The van der Waals surface area contributed by atoms with Crippen molar-refractivity contribution < 1.29 is 9.90 Å². The Bertz CT molecular complexity index is 522. The molecule has 2 rings (SSSR count). The summed E-state index contributed by atoms with van der Waals surface area (Å²) in [5, 5.41) is 13.9. The van der Waals surface area contributed by atoms with E-state index in [-0.39, 0.29) is 11.7 Å². The highest BCUT2D eigenvalue weighted by molar-refractivity contribution is 9.10. The van der Waals surface area contributed by atoms with Crippen molar-refractivity contribution in [2.45, 2.75) is 6.54 Å². The van der Waals surface area contributed by atoms with Crippen LogP contribution in [0.1, 0.15) is 15.2 Å². The minimum atomic E-state index is -0.148. The summed E-state index contributed by atoms with van der Waals surface area (Å²) in [7, 11) is 0. The van der Waals surface area contributed by atoms with E-state index in [1.54, 1.807) is 23.5 Å². The number of thiophene rings is 1. The second kappa shape index (κ2) is 5.33. The Morgan fingerprint density at radius 2 is 2.00 bits per heavy atom. The van der Waals surface area contributed by atoms with Crippen LogP contribution < -0.4 is 5.32 Å². The number of carbonyl (C=O) groups excluding carboxylic acids is 1. The largest absolute Gasteiger partial charge is 0.508 e. The first-order valence-electron chi connectivity index (χ1n) is 4.96. The molecule has 0 saturated carbocycles. The van der Waals surface area contributed by atoms with Crippen molar-refractivity contribution in [2.24, 2.45) is 0 Å². The molecule has 0 saturated heterocycles. The van der Waals surface area contributed by atoms with Crippen LogP contribution in [0.5, 0.6) is 5.75 Å². The van der Waals surface area contributed by atoms with Crippen LogP contribution in [-0.4, -0.2) is 11.0 Å². The third-order valence-electron chi connectivity index (χ3n) is 2.23. The highest BCUT2D eigenvalue weighted by Gasteiger charge is 2.07. The Morgan fingerprint density at radius 3 is 2.59 bits per heavy atom. The van der Waals surface area contributed by atoms with E-state index in [1.165, 1.54) is 12.1 Å². The number of aromatic hydroxyl groups is 1. The van der Waals surface area contributed by atoms with Gasteiger partial charge in [0, 0.05) is 14.9 Å². The average Bonchev–Trinajstić information content (AvgIpc) is 2.73. The van der Waals surface area contributed by atoms with Gasteiger partial charge >= 0.3 is 0 Å². The van der Waals surface area contributed by atoms with Crippen molar-refractivity contribution >= 4 is 33.2 Å². The Labute approximate surface area is 111 Å². The molecule has 1 aromatic carbocycles. The van der Waals surface area contributed by atoms with Crippen LogP contribution >= 0.6 is 27.3 Å². The van der Waals surface area contributed by atoms with Gasteiger partial charge in [-0.05, 0) is 51.6 Å². The Hall–Kier alpha value is -1.33. The second-order valence-corrected chi connectivity index (χ2v) is 5.28. The zero-order valence-corrected chi connectivity index (χ0v) is 11.2. The third kappa shape index (κ3) is 3.08. The molecular formula is C12H10BrNO2S. The first-order chi connectivity index (χ1) is 8.16. The maximum absolute atomic E-state index is 11.8. The quantitative estimate of drug-likeness (QED) is 0.915. The van der Waals surface area contributed by atoms with E-state index in [0.29, 0.717) is 12.1 Å². The number of phenolic OH excluding ortho intramolecular Hbond substituents is 1. The molecule has 1 amide bonds. The molecule has 3 nitrogen and oxygen atoms in total. The summed E-state index contributed by atoms with van der Waals surface area (Å²) in [5.74, 6) is 0.00727. The number of hydrogen-bond acceptors (Lipinski definition) is 3. The van der Waals surface area contributed by atoms with Crippen molar-refractivity contribution in [1.82, 2.24) is 5.32 Å². The van der Waals surface area contributed by atoms with Crippen LogP contribution in [-0.2, 0) is 6.54 Å². The SMILES string of the molecule is O=C(NCc1sccc1Br)c1ccc(O)cc1. The van der Waals surface area contributed by atoms with Crippen LogP contribution in [0.15, 0.2) is 40.2 Å². The van der Waals surface area contributed by atoms with E-state index >= 15 is 0 Å². The molecule has 0 bridgehead atoms. The first kappa shape index (κ1) is 12.1. The molecule has 0 atom stereocenters. The van der Waals surface area contributed by atoms with Gasteiger partial charge < -0.3 is 10.4 Å². The van der Waals surface area contributed by atoms with E-state index < -0.39 is 0 Å². The molecule has 17 heavy (non-hydrogen) atoms. The fraction of sp³-hybridized carbons (Fsp3) is 0.0833. The zero-order chi connectivity index (χ0) is 12.3. The number of benzene rings is 1. The molecule has 2 aromatic rings. The minimum Gasteiger partial charge on any atom is -0.508 e. The number of hydrogen-bond donors (Lipinski definition) is 2. The Balaban J connectivity index is 1.98. The number of phenols is 1. The summed E-state index contributed by atoms with van der Waals surface area (Å²) in [6, 6.07) is 8.13. The maximum atomic E-state index is 11.8. The molecule has 0 radical (unpaired) electrons. The van der Waals surface area contributed by atoms with Gasteiger partial charge in [-0.25, -0.2) is 0 Å². The lowest BCUT2D eigenvalue weighted by atomic mass is 10.2. The average molecular weight is 312 g/mol. The normalized spacial score (nSPS) is 10.2. The van der Waals surface area contributed by atoms with Gasteiger partial charge in [-0.15, -0.1) is 11.3 Å². The monoisotopic (exact) mass is 311 g/mol. The van der Waals surface area contributed by atoms with Crippen molar-refractivity contribution in [3.8, 4) is 5.75 Å². The van der Waals surface area contributed by atoms with Crippen LogP contribution in [0.4, 0.5) is 0 Å². The highest BCUT2D eigenvalue weighted by atomic mass is 79.9. The van der Waals surface area contributed by atoms with Crippen molar-refractivity contribution in [3.05, 3.63) is 50.6 Å².